The monoisotopic (exact) mass is 386 g/mol. The second-order valence-electron chi connectivity index (χ2n) is 7.16. The Hall–Kier alpha value is -3.47. The Labute approximate surface area is 170 Å². The van der Waals surface area contributed by atoms with Crippen LogP contribution in [0.2, 0.25) is 0 Å². The van der Waals surface area contributed by atoms with Gasteiger partial charge < -0.3 is 14.2 Å². The second kappa shape index (κ2) is 7.17. The number of para-hydroxylation sites is 1. The Morgan fingerprint density at radius 2 is 1.69 bits per heavy atom. The summed E-state index contributed by atoms with van der Waals surface area (Å²) >= 11 is 0. The highest BCUT2D eigenvalue weighted by Gasteiger charge is 2.40. The molecule has 0 aliphatic carbocycles. The number of fused-ring (bicyclic) bond motifs is 3. The number of hydrazone groups is 1. The molecule has 2 aliphatic heterocycles. The number of nitrogens with zero attached hydrogens (tertiary/aromatic N) is 2. The van der Waals surface area contributed by atoms with Crippen LogP contribution in [-0.4, -0.2) is 24.9 Å². The van der Waals surface area contributed by atoms with Crippen molar-refractivity contribution in [2.75, 3.05) is 14.2 Å². The fraction of sp³-hybridized carbons (Fsp3) is 0.208. The largest absolute Gasteiger partial charge is 0.497 e. The first-order valence-corrected chi connectivity index (χ1v) is 9.66. The normalized spacial score (nSPS) is 19.7. The lowest BCUT2D eigenvalue weighted by atomic mass is 9.96. The Kier molecular flexibility index (Phi) is 4.35. The topological polar surface area (TPSA) is 43.3 Å². The van der Waals surface area contributed by atoms with Gasteiger partial charge >= 0.3 is 0 Å². The van der Waals surface area contributed by atoms with Gasteiger partial charge in [0.25, 0.3) is 0 Å². The van der Waals surface area contributed by atoms with Gasteiger partial charge in [0.15, 0.2) is 0 Å². The summed E-state index contributed by atoms with van der Waals surface area (Å²) in [5.74, 6) is 2.56. The molecule has 0 bridgehead atoms. The van der Waals surface area contributed by atoms with Gasteiger partial charge in [-0.15, -0.1) is 0 Å². The van der Waals surface area contributed by atoms with Crippen LogP contribution >= 0.6 is 0 Å². The van der Waals surface area contributed by atoms with Gasteiger partial charge in [0, 0.05) is 17.5 Å². The fourth-order valence-corrected chi connectivity index (χ4v) is 4.01. The van der Waals surface area contributed by atoms with E-state index >= 15 is 0 Å². The number of methoxy groups -OCH3 is 2. The third kappa shape index (κ3) is 3.09. The van der Waals surface area contributed by atoms with E-state index in [-0.39, 0.29) is 12.3 Å². The van der Waals surface area contributed by atoms with Gasteiger partial charge in [-0.05, 0) is 48.0 Å². The van der Waals surface area contributed by atoms with Gasteiger partial charge in [-0.2, -0.15) is 5.10 Å². The third-order valence-corrected chi connectivity index (χ3v) is 5.50. The number of rotatable bonds is 4. The molecule has 0 radical (unpaired) electrons. The highest BCUT2D eigenvalue weighted by Crippen LogP contribution is 2.47. The Bertz CT molecular complexity index is 1060. The van der Waals surface area contributed by atoms with Crippen LogP contribution in [0.25, 0.3) is 0 Å². The molecule has 0 N–H and O–H groups in total. The highest BCUT2D eigenvalue weighted by molar-refractivity contribution is 6.02. The second-order valence-corrected chi connectivity index (χ2v) is 7.16. The molecule has 5 nitrogen and oxygen atoms in total. The first kappa shape index (κ1) is 17.6. The van der Waals surface area contributed by atoms with Gasteiger partial charge in [0.2, 0.25) is 6.23 Å². The van der Waals surface area contributed by atoms with E-state index in [9.17, 15) is 0 Å². The predicted molar refractivity (Wildman–Crippen MR) is 112 cm³/mol. The van der Waals surface area contributed by atoms with E-state index < -0.39 is 0 Å². The molecule has 29 heavy (non-hydrogen) atoms. The quantitative estimate of drug-likeness (QED) is 0.637. The van der Waals surface area contributed by atoms with Crippen molar-refractivity contribution < 1.29 is 14.2 Å². The van der Waals surface area contributed by atoms with Crippen molar-refractivity contribution in [2.45, 2.75) is 18.7 Å². The van der Waals surface area contributed by atoms with Crippen molar-refractivity contribution >= 4 is 5.71 Å². The fourth-order valence-electron chi connectivity index (χ4n) is 4.01. The summed E-state index contributed by atoms with van der Waals surface area (Å²) in [6, 6.07) is 24.4. The van der Waals surface area contributed by atoms with Crippen LogP contribution in [0.15, 0.2) is 77.9 Å². The van der Waals surface area contributed by atoms with Crippen LogP contribution < -0.4 is 14.2 Å². The summed E-state index contributed by atoms with van der Waals surface area (Å²) in [6.07, 6.45) is 0.522. The van der Waals surface area contributed by atoms with E-state index in [2.05, 4.69) is 35.3 Å². The van der Waals surface area contributed by atoms with Crippen molar-refractivity contribution in [1.82, 2.24) is 5.01 Å². The van der Waals surface area contributed by atoms with E-state index in [0.717, 1.165) is 40.5 Å². The van der Waals surface area contributed by atoms with Crippen LogP contribution in [0.3, 0.4) is 0 Å². The van der Waals surface area contributed by atoms with E-state index in [1.165, 1.54) is 5.56 Å². The molecule has 3 aromatic carbocycles. The maximum Gasteiger partial charge on any atom is 0.214 e. The van der Waals surface area contributed by atoms with Crippen LogP contribution in [-0.2, 0) is 0 Å². The van der Waals surface area contributed by atoms with Crippen LogP contribution in [0.1, 0.15) is 35.4 Å². The molecule has 0 spiro atoms. The molecule has 3 aromatic rings. The van der Waals surface area contributed by atoms with E-state index in [0.29, 0.717) is 0 Å². The summed E-state index contributed by atoms with van der Waals surface area (Å²) in [4.78, 5) is 0. The molecule has 0 fully saturated rings. The van der Waals surface area contributed by atoms with Gasteiger partial charge in [-0.3, -0.25) is 0 Å². The maximum absolute atomic E-state index is 6.40. The summed E-state index contributed by atoms with van der Waals surface area (Å²) in [5, 5.41) is 7.07. The molecule has 0 unspecified atom stereocenters. The minimum absolute atomic E-state index is 0.133. The number of hydrogen-bond acceptors (Lipinski definition) is 5. The van der Waals surface area contributed by atoms with E-state index in [4.69, 9.17) is 19.3 Å². The summed E-state index contributed by atoms with van der Waals surface area (Å²) in [7, 11) is 3.35. The Morgan fingerprint density at radius 3 is 2.48 bits per heavy atom. The molecule has 2 atom stereocenters. The standard InChI is InChI=1S/C24H22N2O3/c1-27-18-12-10-16(11-13-18)21-15-22-20-8-3-4-9-23(20)29-24(26(22)25-21)17-6-5-7-19(14-17)28-2/h3-14,22,24H,15H2,1-2H3/t22-,24+/m0/s1. The Balaban J connectivity index is 1.56. The molecule has 5 rings (SSSR count). The maximum atomic E-state index is 6.40. The predicted octanol–water partition coefficient (Wildman–Crippen LogP) is 4.95. The van der Waals surface area contributed by atoms with Gasteiger partial charge in [-0.1, -0.05) is 30.3 Å². The zero-order valence-corrected chi connectivity index (χ0v) is 16.4. The molecular weight excluding hydrogens is 364 g/mol. The van der Waals surface area contributed by atoms with E-state index in [1.54, 1.807) is 14.2 Å². The van der Waals surface area contributed by atoms with Crippen molar-refractivity contribution in [3.63, 3.8) is 0 Å². The minimum atomic E-state index is -0.305. The molecule has 0 saturated carbocycles. The van der Waals surface area contributed by atoms with Crippen LogP contribution in [0, 0.1) is 0 Å². The SMILES string of the molecule is COc1ccc(C2=NN3[C@@H](c4cccc(OC)c4)Oc4ccccc4[C@@H]3C2)cc1. The van der Waals surface area contributed by atoms with Gasteiger partial charge in [-0.25, -0.2) is 5.01 Å². The van der Waals surface area contributed by atoms with E-state index in [1.807, 2.05) is 42.5 Å². The minimum Gasteiger partial charge on any atom is -0.497 e. The molecule has 2 aliphatic rings. The number of ether oxygens (including phenoxy) is 3. The average molecular weight is 386 g/mol. The molecule has 2 heterocycles. The van der Waals surface area contributed by atoms with Gasteiger partial charge in [0.1, 0.15) is 17.2 Å². The molecule has 0 aromatic heterocycles. The number of hydrogen-bond donors (Lipinski definition) is 0. The third-order valence-electron chi connectivity index (χ3n) is 5.50. The molecule has 146 valence electrons. The lowest BCUT2D eigenvalue weighted by Gasteiger charge is -2.38. The lowest BCUT2D eigenvalue weighted by Crippen LogP contribution is -2.33. The van der Waals surface area contributed by atoms with Gasteiger partial charge in [0.05, 0.1) is 26.0 Å². The number of benzene rings is 3. The lowest BCUT2D eigenvalue weighted by molar-refractivity contribution is -0.0191. The van der Waals surface area contributed by atoms with Crippen molar-refractivity contribution in [3.05, 3.63) is 89.5 Å². The molecular formula is C24H22N2O3. The van der Waals surface area contributed by atoms with Crippen LogP contribution in [0.4, 0.5) is 0 Å². The molecule has 5 heteroatoms. The van der Waals surface area contributed by atoms with Crippen molar-refractivity contribution in [2.24, 2.45) is 5.10 Å². The van der Waals surface area contributed by atoms with Crippen molar-refractivity contribution in [3.8, 4) is 17.2 Å². The van der Waals surface area contributed by atoms with Crippen molar-refractivity contribution in [1.29, 1.82) is 0 Å². The molecule has 0 saturated heterocycles. The first-order chi connectivity index (χ1) is 14.3. The highest BCUT2D eigenvalue weighted by atomic mass is 16.5. The Morgan fingerprint density at radius 1 is 0.897 bits per heavy atom. The average Bonchev–Trinajstić information content (AvgIpc) is 3.24. The summed E-state index contributed by atoms with van der Waals surface area (Å²) in [6.45, 7) is 0. The zero-order valence-electron chi connectivity index (χ0n) is 16.4. The first-order valence-electron chi connectivity index (χ1n) is 9.66. The van der Waals surface area contributed by atoms with Crippen LogP contribution in [0.5, 0.6) is 17.2 Å². The smallest absolute Gasteiger partial charge is 0.214 e. The molecule has 0 amide bonds. The summed E-state index contributed by atoms with van der Waals surface area (Å²) in [5.41, 5.74) is 4.33. The zero-order chi connectivity index (χ0) is 19.8. The summed E-state index contributed by atoms with van der Waals surface area (Å²) < 4.78 is 17.1.